The Morgan fingerprint density at radius 3 is 2.60 bits per heavy atom. The summed E-state index contributed by atoms with van der Waals surface area (Å²) in [5.74, 6) is -0.181. The Bertz CT molecular complexity index is 827. The molecule has 3 rings (SSSR count). The number of nitrogens with zero attached hydrogens (tertiary/aromatic N) is 1. The SMILES string of the molecule is O=C(c1cccc(S(=O)(=O)Cc2ccccc2)c1)N1CCCNCC1. The highest BCUT2D eigenvalue weighted by Gasteiger charge is 2.20. The van der Waals surface area contributed by atoms with Crippen LogP contribution in [0.25, 0.3) is 0 Å². The Morgan fingerprint density at radius 1 is 1.00 bits per heavy atom. The van der Waals surface area contributed by atoms with Crippen LogP contribution >= 0.6 is 0 Å². The van der Waals surface area contributed by atoms with E-state index in [0.29, 0.717) is 18.7 Å². The molecule has 0 unspecified atom stereocenters. The van der Waals surface area contributed by atoms with Gasteiger partial charge in [-0.2, -0.15) is 0 Å². The van der Waals surface area contributed by atoms with E-state index in [2.05, 4.69) is 5.32 Å². The summed E-state index contributed by atoms with van der Waals surface area (Å²) in [5, 5.41) is 3.26. The second-order valence-electron chi connectivity index (χ2n) is 6.17. The van der Waals surface area contributed by atoms with Gasteiger partial charge >= 0.3 is 0 Å². The Kier molecular flexibility index (Phi) is 5.50. The van der Waals surface area contributed by atoms with Crippen LogP contribution in [0.4, 0.5) is 0 Å². The van der Waals surface area contributed by atoms with Crippen LogP contribution in [0.2, 0.25) is 0 Å². The summed E-state index contributed by atoms with van der Waals surface area (Å²) < 4.78 is 25.3. The summed E-state index contributed by atoms with van der Waals surface area (Å²) in [6, 6.07) is 15.4. The summed E-state index contributed by atoms with van der Waals surface area (Å²) in [4.78, 5) is 14.7. The zero-order valence-corrected chi connectivity index (χ0v) is 14.8. The van der Waals surface area contributed by atoms with Crippen LogP contribution in [-0.2, 0) is 15.6 Å². The smallest absolute Gasteiger partial charge is 0.253 e. The molecule has 0 aliphatic carbocycles. The van der Waals surface area contributed by atoms with Gasteiger partial charge in [0.05, 0.1) is 10.6 Å². The Balaban J connectivity index is 1.82. The van der Waals surface area contributed by atoms with Crippen LogP contribution in [-0.4, -0.2) is 45.4 Å². The van der Waals surface area contributed by atoms with Gasteiger partial charge in [0.2, 0.25) is 0 Å². The number of carbonyl (C=O) groups excluding carboxylic acids is 1. The quantitative estimate of drug-likeness (QED) is 0.909. The van der Waals surface area contributed by atoms with Crippen LogP contribution in [0.3, 0.4) is 0 Å². The monoisotopic (exact) mass is 358 g/mol. The van der Waals surface area contributed by atoms with Gasteiger partial charge < -0.3 is 10.2 Å². The number of hydrogen-bond donors (Lipinski definition) is 1. The van der Waals surface area contributed by atoms with Crippen molar-refractivity contribution in [2.75, 3.05) is 26.2 Å². The number of hydrogen-bond acceptors (Lipinski definition) is 4. The minimum absolute atomic E-state index is 0.0703. The van der Waals surface area contributed by atoms with Crippen molar-refractivity contribution in [3.8, 4) is 0 Å². The Morgan fingerprint density at radius 2 is 1.80 bits per heavy atom. The lowest BCUT2D eigenvalue weighted by atomic mass is 10.2. The van der Waals surface area contributed by atoms with E-state index in [9.17, 15) is 13.2 Å². The van der Waals surface area contributed by atoms with Crippen molar-refractivity contribution in [1.29, 1.82) is 0 Å². The van der Waals surface area contributed by atoms with Gasteiger partial charge in [0.15, 0.2) is 9.84 Å². The molecule has 1 aliphatic heterocycles. The van der Waals surface area contributed by atoms with Gasteiger partial charge in [-0.25, -0.2) is 8.42 Å². The molecular formula is C19H22N2O3S. The van der Waals surface area contributed by atoms with Crippen molar-refractivity contribution in [3.05, 3.63) is 65.7 Å². The molecule has 6 heteroatoms. The van der Waals surface area contributed by atoms with Gasteiger partial charge in [0.1, 0.15) is 0 Å². The van der Waals surface area contributed by atoms with Crippen LogP contribution in [0.1, 0.15) is 22.3 Å². The largest absolute Gasteiger partial charge is 0.337 e. The van der Waals surface area contributed by atoms with Crippen molar-refractivity contribution in [2.24, 2.45) is 0 Å². The molecule has 25 heavy (non-hydrogen) atoms. The van der Waals surface area contributed by atoms with Crippen LogP contribution in [0.15, 0.2) is 59.5 Å². The van der Waals surface area contributed by atoms with E-state index in [4.69, 9.17) is 0 Å². The minimum Gasteiger partial charge on any atom is -0.337 e. The number of sulfone groups is 1. The molecule has 0 radical (unpaired) electrons. The summed E-state index contributed by atoms with van der Waals surface area (Å²) in [6.07, 6.45) is 0.901. The molecule has 0 bridgehead atoms. The molecule has 1 amide bonds. The fourth-order valence-electron chi connectivity index (χ4n) is 2.93. The van der Waals surface area contributed by atoms with Gasteiger partial charge in [-0.3, -0.25) is 4.79 Å². The third-order valence-electron chi connectivity index (χ3n) is 4.27. The highest BCUT2D eigenvalue weighted by molar-refractivity contribution is 7.90. The van der Waals surface area contributed by atoms with Crippen molar-refractivity contribution in [3.63, 3.8) is 0 Å². The maximum atomic E-state index is 12.7. The van der Waals surface area contributed by atoms with Crippen molar-refractivity contribution in [1.82, 2.24) is 10.2 Å². The zero-order valence-electron chi connectivity index (χ0n) is 14.0. The molecule has 2 aromatic carbocycles. The fourth-order valence-corrected chi connectivity index (χ4v) is 4.32. The number of nitrogens with one attached hydrogen (secondary N) is 1. The molecule has 0 atom stereocenters. The summed E-state index contributed by atoms with van der Waals surface area (Å²) >= 11 is 0. The number of rotatable bonds is 4. The van der Waals surface area contributed by atoms with E-state index in [1.165, 1.54) is 6.07 Å². The number of carbonyl (C=O) groups is 1. The van der Waals surface area contributed by atoms with Gasteiger partial charge in [-0.05, 0) is 36.7 Å². The average Bonchev–Trinajstić information content (AvgIpc) is 2.91. The Hall–Kier alpha value is -2.18. The van der Waals surface area contributed by atoms with Crippen molar-refractivity contribution in [2.45, 2.75) is 17.1 Å². The molecule has 0 spiro atoms. The van der Waals surface area contributed by atoms with Crippen molar-refractivity contribution >= 4 is 15.7 Å². The molecule has 0 aromatic heterocycles. The first-order valence-electron chi connectivity index (χ1n) is 8.43. The standard InChI is InChI=1S/C19H22N2O3S/c22-19(21-12-5-10-20-11-13-21)17-8-4-9-18(14-17)25(23,24)15-16-6-2-1-3-7-16/h1-4,6-9,14,20H,5,10-13,15H2. The van der Waals surface area contributed by atoms with E-state index in [-0.39, 0.29) is 16.6 Å². The molecule has 1 N–H and O–H groups in total. The summed E-state index contributed by atoms with van der Waals surface area (Å²) in [5.41, 5.74) is 1.16. The van der Waals surface area contributed by atoms with Crippen LogP contribution < -0.4 is 5.32 Å². The predicted molar refractivity (Wildman–Crippen MR) is 97.2 cm³/mol. The lowest BCUT2D eigenvalue weighted by Crippen LogP contribution is -2.34. The van der Waals surface area contributed by atoms with Crippen molar-refractivity contribution < 1.29 is 13.2 Å². The predicted octanol–water partition coefficient (Wildman–Crippen LogP) is 2.10. The molecule has 1 aliphatic rings. The van der Waals surface area contributed by atoms with E-state index >= 15 is 0 Å². The van der Waals surface area contributed by atoms with E-state index in [1.54, 1.807) is 35.2 Å². The average molecular weight is 358 g/mol. The van der Waals surface area contributed by atoms with Gasteiger partial charge in [0.25, 0.3) is 5.91 Å². The zero-order chi connectivity index (χ0) is 17.7. The summed E-state index contributed by atoms with van der Waals surface area (Å²) in [7, 11) is -3.49. The molecule has 1 saturated heterocycles. The normalized spacial score (nSPS) is 15.6. The minimum atomic E-state index is -3.49. The second-order valence-corrected chi connectivity index (χ2v) is 8.16. The fraction of sp³-hybridized carbons (Fsp3) is 0.316. The summed E-state index contributed by atoms with van der Waals surface area (Å²) in [6.45, 7) is 2.99. The van der Waals surface area contributed by atoms with Gasteiger partial charge in [-0.15, -0.1) is 0 Å². The Labute approximate surface area is 148 Å². The third-order valence-corrected chi connectivity index (χ3v) is 5.95. The molecule has 132 valence electrons. The van der Waals surface area contributed by atoms with Crippen LogP contribution in [0, 0.1) is 0 Å². The van der Waals surface area contributed by atoms with E-state index in [0.717, 1.165) is 25.1 Å². The van der Waals surface area contributed by atoms with Gasteiger partial charge in [0, 0.05) is 25.2 Å². The highest BCUT2D eigenvalue weighted by Crippen LogP contribution is 2.19. The highest BCUT2D eigenvalue weighted by atomic mass is 32.2. The second kappa shape index (κ2) is 7.80. The van der Waals surface area contributed by atoms with E-state index < -0.39 is 9.84 Å². The maximum Gasteiger partial charge on any atom is 0.253 e. The number of benzene rings is 2. The molecule has 0 saturated carbocycles. The third kappa shape index (κ3) is 4.46. The lowest BCUT2D eigenvalue weighted by molar-refractivity contribution is 0.0766. The van der Waals surface area contributed by atoms with Gasteiger partial charge in [-0.1, -0.05) is 36.4 Å². The maximum absolute atomic E-state index is 12.7. The molecule has 2 aromatic rings. The van der Waals surface area contributed by atoms with E-state index in [1.807, 2.05) is 18.2 Å². The molecule has 1 heterocycles. The first-order chi connectivity index (χ1) is 12.1. The molecular weight excluding hydrogens is 336 g/mol. The molecule has 5 nitrogen and oxygen atoms in total. The molecule has 1 fully saturated rings. The topological polar surface area (TPSA) is 66.5 Å². The first kappa shape index (κ1) is 17.6. The first-order valence-corrected chi connectivity index (χ1v) is 10.1. The van der Waals surface area contributed by atoms with Crippen LogP contribution in [0.5, 0.6) is 0 Å². The lowest BCUT2D eigenvalue weighted by Gasteiger charge is -2.20. The number of amides is 1.